The monoisotopic (exact) mass is 188 g/mol. The fourth-order valence-corrected chi connectivity index (χ4v) is 2.07. The van der Waals surface area contributed by atoms with Crippen molar-refractivity contribution in [2.24, 2.45) is 0 Å². The van der Waals surface area contributed by atoms with Crippen LogP contribution in [-0.4, -0.2) is 16.2 Å². The van der Waals surface area contributed by atoms with Crippen molar-refractivity contribution in [3.63, 3.8) is 0 Å². The molecule has 72 valence electrons. The van der Waals surface area contributed by atoms with Gasteiger partial charge in [-0.25, -0.2) is 4.98 Å². The Morgan fingerprint density at radius 1 is 1.50 bits per heavy atom. The van der Waals surface area contributed by atoms with Gasteiger partial charge in [-0.15, -0.1) is 0 Å². The van der Waals surface area contributed by atoms with Crippen LogP contribution in [0.1, 0.15) is 12.7 Å². The zero-order chi connectivity index (χ0) is 9.54. The third kappa shape index (κ3) is 0.895. The lowest BCUT2D eigenvalue weighted by molar-refractivity contribution is 0.284. The number of ether oxygens (including phenoxy) is 1. The van der Waals surface area contributed by atoms with E-state index in [9.17, 15) is 0 Å². The summed E-state index contributed by atoms with van der Waals surface area (Å²) < 4.78 is 7.86. The maximum absolute atomic E-state index is 5.59. The van der Waals surface area contributed by atoms with Crippen molar-refractivity contribution in [3.05, 3.63) is 24.0 Å². The highest BCUT2D eigenvalue weighted by Gasteiger charge is 2.17. The number of rotatable bonds is 1. The topological polar surface area (TPSA) is 27.1 Å². The van der Waals surface area contributed by atoms with Gasteiger partial charge in [0.15, 0.2) is 0 Å². The molecule has 1 aromatic carbocycles. The molecule has 0 atom stereocenters. The van der Waals surface area contributed by atoms with E-state index in [0.717, 1.165) is 42.2 Å². The first kappa shape index (κ1) is 7.85. The van der Waals surface area contributed by atoms with Gasteiger partial charge >= 0.3 is 0 Å². The van der Waals surface area contributed by atoms with Gasteiger partial charge in [0.2, 0.25) is 0 Å². The van der Waals surface area contributed by atoms with E-state index in [-0.39, 0.29) is 0 Å². The van der Waals surface area contributed by atoms with Crippen LogP contribution in [0.15, 0.2) is 18.2 Å². The minimum atomic E-state index is 0.759. The number of benzene rings is 1. The van der Waals surface area contributed by atoms with Crippen LogP contribution in [-0.2, 0) is 13.0 Å². The molecule has 0 radical (unpaired) electrons. The largest absolute Gasteiger partial charge is 0.489 e. The second-order valence-electron chi connectivity index (χ2n) is 3.51. The van der Waals surface area contributed by atoms with Gasteiger partial charge in [-0.3, -0.25) is 0 Å². The van der Waals surface area contributed by atoms with E-state index < -0.39 is 0 Å². The molecule has 0 amide bonds. The first-order chi connectivity index (χ1) is 6.90. The number of imidazole rings is 1. The van der Waals surface area contributed by atoms with Crippen molar-refractivity contribution in [1.82, 2.24) is 9.55 Å². The van der Waals surface area contributed by atoms with Crippen molar-refractivity contribution in [3.8, 4) is 5.75 Å². The van der Waals surface area contributed by atoms with Crippen LogP contribution in [0.3, 0.4) is 0 Å². The van der Waals surface area contributed by atoms with Gasteiger partial charge < -0.3 is 9.30 Å². The van der Waals surface area contributed by atoms with Gasteiger partial charge in [0.05, 0.1) is 12.1 Å². The molecule has 2 aromatic rings. The van der Waals surface area contributed by atoms with Gasteiger partial charge in [-0.1, -0.05) is 13.0 Å². The zero-order valence-corrected chi connectivity index (χ0v) is 8.16. The third-order valence-corrected chi connectivity index (χ3v) is 2.70. The summed E-state index contributed by atoms with van der Waals surface area (Å²) in [6, 6.07) is 6.06. The van der Waals surface area contributed by atoms with Crippen molar-refractivity contribution >= 4 is 11.0 Å². The summed E-state index contributed by atoms with van der Waals surface area (Å²) in [4.78, 5) is 4.59. The Hall–Kier alpha value is -1.51. The van der Waals surface area contributed by atoms with E-state index >= 15 is 0 Å². The molecule has 1 aromatic heterocycles. The summed E-state index contributed by atoms with van der Waals surface area (Å²) in [5, 5.41) is 0. The molecule has 2 heterocycles. The lowest BCUT2D eigenvalue weighted by Crippen LogP contribution is -2.15. The Labute approximate surface area is 82.3 Å². The summed E-state index contributed by atoms with van der Waals surface area (Å²) >= 11 is 0. The van der Waals surface area contributed by atoms with E-state index in [1.54, 1.807) is 0 Å². The van der Waals surface area contributed by atoms with Crippen LogP contribution in [0.5, 0.6) is 5.75 Å². The molecule has 0 fully saturated rings. The van der Waals surface area contributed by atoms with Gasteiger partial charge in [0.1, 0.15) is 23.7 Å². The van der Waals surface area contributed by atoms with Crippen molar-refractivity contribution in [2.45, 2.75) is 19.9 Å². The molecule has 0 saturated carbocycles. The van der Waals surface area contributed by atoms with Crippen LogP contribution < -0.4 is 4.74 Å². The molecular weight excluding hydrogens is 176 g/mol. The van der Waals surface area contributed by atoms with Gasteiger partial charge in [0, 0.05) is 6.42 Å². The zero-order valence-electron chi connectivity index (χ0n) is 8.16. The van der Waals surface area contributed by atoms with E-state index in [0.29, 0.717) is 0 Å². The van der Waals surface area contributed by atoms with Gasteiger partial charge in [0.25, 0.3) is 0 Å². The fraction of sp³-hybridized carbons (Fsp3) is 0.364. The molecule has 0 spiro atoms. The molecule has 14 heavy (non-hydrogen) atoms. The number of nitrogens with zero attached hydrogens (tertiary/aromatic N) is 2. The van der Waals surface area contributed by atoms with Crippen LogP contribution >= 0.6 is 0 Å². The Kier molecular flexibility index (Phi) is 1.54. The predicted octanol–water partition coefficient (Wildman–Crippen LogP) is 1.99. The molecule has 1 aliphatic heterocycles. The SMILES string of the molecule is CCc1nc2cccc3c2n1CCO3. The summed E-state index contributed by atoms with van der Waals surface area (Å²) in [6.45, 7) is 3.83. The number of hydrogen-bond donors (Lipinski definition) is 0. The average Bonchev–Trinajstić information content (AvgIpc) is 2.60. The maximum Gasteiger partial charge on any atom is 0.145 e. The number of aryl methyl sites for hydroxylation is 1. The lowest BCUT2D eigenvalue weighted by atomic mass is 10.2. The molecule has 0 saturated heterocycles. The smallest absolute Gasteiger partial charge is 0.145 e. The molecule has 0 aliphatic carbocycles. The highest BCUT2D eigenvalue weighted by atomic mass is 16.5. The third-order valence-electron chi connectivity index (χ3n) is 2.70. The highest BCUT2D eigenvalue weighted by molar-refractivity contribution is 5.83. The molecule has 3 rings (SSSR count). The standard InChI is InChI=1S/C11H12N2O/c1-2-10-12-8-4-3-5-9-11(8)13(10)6-7-14-9/h3-5H,2,6-7H2,1H3. The summed E-state index contributed by atoms with van der Waals surface area (Å²) in [5.41, 5.74) is 2.22. The lowest BCUT2D eigenvalue weighted by Gasteiger charge is -2.17. The summed E-state index contributed by atoms with van der Waals surface area (Å²) in [7, 11) is 0. The van der Waals surface area contributed by atoms with Crippen LogP contribution in [0.4, 0.5) is 0 Å². The normalized spacial score (nSPS) is 14.4. The molecule has 3 nitrogen and oxygen atoms in total. The Morgan fingerprint density at radius 3 is 3.29 bits per heavy atom. The van der Waals surface area contributed by atoms with Crippen molar-refractivity contribution in [1.29, 1.82) is 0 Å². The van der Waals surface area contributed by atoms with Gasteiger partial charge in [-0.2, -0.15) is 0 Å². The minimum absolute atomic E-state index is 0.759. The first-order valence-corrected chi connectivity index (χ1v) is 5.01. The van der Waals surface area contributed by atoms with Crippen molar-refractivity contribution < 1.29 is 4.74 Å². The predicted molar refractivity (Wildman–Crippen MR) is 54.6 cm³/mol. The molecule has 3 heteroatoms. The van der Waals surface area contributed by atoms with E-state index in [1.165, 1.54) is 0 Å². The van der Waals surface area contributed by atoms with E-state index in [2.05, 4.69) is 16.5 Å². The second kappa shape index (κ2) is 2.74. The average molecular weight is 188 g/mol. The van der Waals surface area contributed by atoms with Gasteiger partial charge in [-0.05, 0) is 12.1 Å². The molecule has 0 unspecified atom stereocenters. The molecule has 0 bridgehead atoms. The number of aromatic nitrogens is 2. The quantitative estimate of drug-likeness (QED) is 0.684. The molecular formula is C11H12N2O. The molecule has 0 N–H and O–H groups in total. The highest BCUT2D eigenvalue weighted by Crippen LogP contribution is 2.29. The van der Waals surface area contributed by atoms with Crippen LogP contribution in [0, 0.1) is 0 Å². The summed E-state index contributed by atoms with van der Waals surface area (Å²) in [6.07, 6.45) is 0.980. The summed E-state index contributed by atoms with van der Waals surface area (Å²) in [5.74, 6) is 2.14. The number of para-hydroxylation sites is 1. The number of hydrogen-bond acceptors (Lipinski definition) is 2. The van der Waals surface area contributed by atoms with Crippen LogP contribution in [0.2, 0.25) is 0 Å². The Morgan fingerprint density at radius 2 is 2.43 bits per heavy atom. The second-order valence-corrected chi connectivity index (χ2v) is 3.51. The van der Waals surface area contributed by atoms with E-state index in [1.807, 2.05) is 18.2 Å². The Balaban J connectivity index is 2.42. The van der Waals surface area contributed by atoms with E-state index in [4.69, 9.17) is 4.74 Å². The maximum atomic E-state index is 5.59. The Bertz CT molecular complexity index is 487. The minimum Gasteiger partial charge on any atom is -0.489 e. The first-order valence-electron chi connectivity index (χ1n) is 5.01. The fourth-order valence-electron chi connectivity index (χ4n) is 2.07. The van der Waals surface area contributed by atoms with Crippen LogP contribution in [0.25, 0.3) is 11.0 Å². The van der Waals surface area contributed by atoms with Crippen molar-refractivity contribution in [2.75, 3.05) is 6.61 Å². The molecule has 1 aliphatic rings.